The Labute approximate surface area is 162 Å². The van der Waals surface area contributed by atoms with Crippen LogP contribution in [0.3, 0.4) is 0 Å². The zero-order valence-corrected chi connectivity index (χ0v) is 18.2. The topological polar surface area (TPSA) is 58.6 Å². The molecule has 0 heterocycles. The Kier molecular flexibility index (Phi) is 21.6. The quantitative estimate of drug-likeness (QED) is 0.163. The van der Waals surface area contributed by atoms with E-state index in [0.717, 1.165) is 11.6 Å². The van der Waals surface area contributed by atoms with Gasteiger partial charge in [-0.3, -0.25) is 4.89 Å². The smallest absolute Gasteiger partial charge is 0.278 e. The Balaban J connectivity index is 0. The molecule has 0 unspecified atom stereocenters. The number of carboxylic acid groups (broad SMARTS) is 1. The zero-order chi connectivity index (χ0) is 20.1. The van der Waals surface area contributed by atoms with Gasteiger partial charge in [-0.2, -0.15) is 0 Å². The van der Waals surface area contributed by atoms with Crippen molar-refractivity contribution in [1.29, 1.82) is 0 Å². The van der Waals surface area contributed by atoms with Crippen LogP contribution in [0, 0.1) is 0 Å². The van der Waals surface area contributed by atoms with Crippen molar-refractivity contribution >= 4 is 6.16 Å². The number of rotatable bonds is 16. The monoisotopic (exact) mass is 375 g/mol. The van der Waals surface area contributed by atoms with Crippen molar-refractivity contribution in [1.82, 2.24) is 0 Å². The van der Waals surface area contributed by atoms with Gasteiger partial charge in [0.25, 0.3) is 6.16 Å². The number of carbonyl (C=O) groups is 1. The van der Waals surface area contributed by atoms with Crippen LogP contribution >= 0.6 is 0 Å². The highest BCUT2D eigenvalue weighted by Gasteiger charge is 2.04. The third kappa shape index (κ3) is 31.0. The number of hydrogen-bond acceptors (Lipinski definition) is 4. The fourth-order valence-electron chi connectivity index (χ4n) is 2.85. The molecule has 0 aliphatic rings. The largest absolute Gasteiger partial charge is 0.424 e. The summed E-state index contributed by atoms with van der Waals surface area (Å²) in [5, 5.41) is 9.14. The summed E-state index contributed by atoms with van der Waals surface area (Å²) in [4.78, 5) is 16.1. The summed E-state index contributed by atoms with van der Waals surface area (Å²) in [5.41, 5.74) is 0. The van der Waals surface area contributed by atoms with E-state index in [1.165, 1.54) is 96.4 Å². The van der Waals surface area contributed by atoms with Gasteiger partial charge in [-0.1, -0.05) is 84.0 Å². The second-order valence-electron chi connectivity index (χ2n) is 8.11. The fraction of sp³-hybridized carbons (Fsp3) is 0.952. The van der Waals surface area contributed by atoms with Gasteiger partial charge in [0, 0.05) is 0 Å². The first-order valence-electron chi connectivity index (χ1n) is 10.6. The molecule has 0 spiro atoms. The highest BCUT2D eigenvalue weighted by atomic mass is 17.2. The van der Waals surface area contributed by atoms with Gasteiger partial charge in [0.05, 0.1) is 34.8 Å². The molecule has 0 aliphatic heterocycles. The molecule has 0 saturated carbocycles. The molecule has 0 rings (SSSR count). The summed E-state index contributed by atoms with van der Waals surface area (Å²) in [5.74, 6) is 0. The summed E-state index contributed by atoms with van der Waals surface area (Å²) >= 11 is 0. The van der Waals surface area contributed by atoms with E-state index in [4.69, 9.17) is 9.90 Å². The van der Waals surface area contributed by atoms with Crippen molar-refractivity contribution in [2.75, 3.05) is 34.8 Å². The molecule has 0 N–H and O–H groups in total. The molecule has 0 aromatic carbocycles. The lowest BCUT2D eigenvalue weighted by Crippen LogP contribution is -2.35. The van der Waals surface area contributed by atoms with E-state index in [0.29, 0.717) is 0 Å². The molecule has 0 fully saturated rings. The van der Waals surface area contributed by atoms with Gasteiger partial charge < -0.3 is 19.3 Å². The average Bonchev–Trinajstić information content (AvgIpc) is 2.54. The Morgan fingerprint density at radius 1 is 0.731 bits per heavy atom. The highest BCUT2D eigenvalue weighted by Crippen LogP contribution is 2.13. The lowest BCUT2D eigenvalue weighted by Gasteiger charge is -2.23. The number of quaternary nitrogens is 1. The summed E-state index contributed by atoms with van der Waals surface area (Å²) in [6.07, 6.45) is 18.7. The predicted molar refractivity (Wildman–Crippen MR) is 107 cm³/mol. The second-order valence-corrected chi connectivity index (χ2v) is 8.11. The maximum absolute atomic E-state index is 9.14. The highest BCUT2D eigenvalue weighted by molar-refractivity contribution is 5.52. The van der Waals surface area contributed by atoms with Gasteiger partial charge in [0.2, 0.25) is 0 Å². The van der Waals surface area contributed by atoms with Crippen LogP contribution < -0.4 is 5.11 Å². The van der Waals surface area contributed by atoms with E-state index in [1.807, 2.05) is 0 Å². The number of nitrogens with zero attached hydrogens (tertiary/aromatic N) is 1. The first kappa shape index (κ1) is 27.4. The van der Waals surface area contributed by atoms with Gasteiger partial charge in [-0.25, -0.2) is 0 Å². The van der Waals surface area contributed by atoms with Crippen molar-refractivity contribution < 1.29 is 24.2 Å². The molecule has 0 radical (unpaired) electrons. The van der Waals surface area contributed by atoms with Crippen LogP contribution in [0.25, 0.3) is 0 Å². The van der Waals surface area contributed by atoms with Crippen LogP contribution in [0.4, 0.5) is 4.79 Å². The average molecular weight is 376 g/mol. The van der Waals surface area contributed by atoms with Crippen LogP contribution in [0.2, 0.25) is 0 Å². The molecule has 0 bridgehead atoms. The Morgan fingerprint density at radius 3 is 1.31 bits per heavy atom. The number of hydrogen-bond donors (Lipinski definition) is 0. The lowest BCUT2D eigenvalue weighted by atomic mass is 10.0. The van der Waals surface area contributed by atoms with Crippen LogP contribution in [0.15, 0.2) is 0 Å². The standard InChI is InChI=1S/C19H42N.C2H4O4/c1-5-6-7-8-9-10-11-12-13-14-15-16-17-18-19-20(2,3)4;1-5-6-2(3)4/h5-19H2,1-4H3;1H3,(H,3,4)/q+1;/p-1. The number of unbranched alkanes of at least 4 members (excludes halogenated alkanes) is 13. The van der Waals surface area contributed by atoms with Gasteiger partial charge in [0.1, 0.15) is 0 Å². The van der Waals surface area contributed by atoms with E-state index < -0.39 is 6.16 Å². The number of carbonyl (C=O) groups excluding carboxylic acids is 1. The minimum atomic E-state index is -1.68. The van der Waals surface area contributed by atoms with E-state index >= 15 is 0 Å². The fourth-order valence-corrected chi connectivity index (χ4v) is 2.85. The molecule has 0 amide bonds. The van der Waals surface area contributed by atoms with Gasteiger partial charge in [-0.05, 0) is 12.8 Å². The van der Waals surface area contributed by atoms with Crippen molar-refractivity contribution in [2.45, 2.75) is 96.8 Å². The second kappa shape index (κ2) is 20.5. The molecule has 5 heteroatoms. The van der Waals surface area contributed by atoms with Gasteiger partial charge >= 0.3 is 0 Å². The van der Waals surface area contributed by atoms with Gasteiger partial charge in [0.15, 0.2) is 0 Å². The predicted octanol–water partition coefficient (Wildman–Crippen LogP) is 5.08. The van der Waals surface area contributed by atoms with Crippen molar-refractivity contribution in [3.05, 3.63) is 0 Å². The Bertz CT molecular complexity index is 290. The summed E-state index contributed by atoms with van der Waals surface area (Å²) in [7, 11) is 7.96. The first-order chi connectivity index (χ1) is 12.3. The van der Waals surface area contributed by atoms with E-state index in [9.17, 15) is 0 Å². The molecular formula is C21H45NO4. The van der Waals surface area contributed by atoms with E-state index in [-0.39, 0.29) is 0 Å². The normalized spacial score (nSPS) is 11.0. The molecule has 158 valence electrons. The molecule has 5 nitrogen and oxygen atoms in total. The van der Waals surface area contributed by atoms with Crippen molar-refractivity contribution in [2.24, 2.45) is 0 Å². The molecule has 0 aliphatic carbocycles. The molecule has 0 saturated heterocycles. The molecule has 0 aromatic rings. The lowest BCUT2D eigenvalue weighted by molar-refractivity contribution is -0.870. The van der Waals surface area contributed by atoms with Crippen LogP contribution in [-0.4, -0.2) is 45.4 Å². The maximum atomic E-state index is 9.14. The minimum Gasteiger partial charge on any atom is -0.424 e. The summed E-state index contributed by atoms with van der Waals surface area (Å²) < 4.78 is 1.12. The zero-order valence-electron chi connectivity index (χ0n) is 18.2. The molecule has 26 heavy (non-hydrogen) atoms. The third-order valence-corrected chi connectivity index (χ3v) is 4.33. The molecule has 0 atom stereocenters. The third-order valence-electron chi connectivity index (χ3n) is 4.33. The molecular weight excluding hydrogens is 330 g/mol. The Morgan fingerprint density at radius 2 is 1.08 bits per heavy atom. The van der Waals surface area contributed by atoms with E-state index in [2.05, 4.69) is 37.8 Å². The minimum absolute atomic E-state index is 1.08. The Hall–Kier alpha value is -0.810. The van der Waals surface area contributed by atoms with Crippen molar-refractivity contribution in [3.8, 4) is 0 Å². The summed E-state index contributed by atoms with van der Waals surface area (Å²) in [6, 6.07) is 0. The van der Waals surface area contributed by atoms with Crippen LogP contribution in [0.5, 0.6) is 0 Å². The first-order valence-corrected chi connectivity index (χ1v) is 10.6. The van der Waals surface area contributed by atoms with Gasteiger partial charge in [-0.15, -0.1) is 0 Å². The molecule has 0 aromatic heterocycles. The maximum Gasteiger partial charge on any atom is 0.278 e. The van der Waals surface area contributed by atoms with Crippen molar-refractivity contribution in [3.63, 3.8) is 0 Å². The van der Waals surface area contributed by atoms with Crippen LogP contribution in [-0.2, 0) is 9.78 Å². The SMILES string of the molecule is CCCCCCCCCCCCCCCC[N+](C)(C)C.COOC(=O)[O-]. The summed E-state index contributed by atoms with van der Waals surface area (Å²) in [6.45, 7) is 3.63. The van der Waals surface area contributed by atoms with E-state index in [1.54, 1.807) is 0 Å². The van der Waals surface area contributed by atoms with Crippen LogP contribution in [0.1, 0.15) is 96.8 Å².